The monoisotopic (exact) mass is 247 g/mol. The zero-order valence-corrected chi connectivity index (χ0v) is 11.5. The van der Waals surface area contributed by atoms with Gasteiger partial charge in [-0.05, 0) is 37.0 Å². The van der Waals surface area contributed by atoms with Gasteiger partial charge in [0.25, 0.3) is 0 Å². The highest BCUT2D eigenvalue weighted by Gasteiger charge is 2.12. The Bertz CT molecular complexity index is 450. The maximum absolute atomic E-state index is 11.6. The third-order valence-electron chi connectivity index (χ3n) is 2.82. The molecule has 0 aliphatic carbocycles. The molecule has 1 aromatic rings. The van der Waals surface area contributed by atoms with E-state index in [9.17, 15) is 9.59 Å². The molecule has 1 rings (SSSR count). The van der Waals surface area contributed by atoms with E-state index in [2.05, 4.69) is 19.2 Å². The Hall–Kier alpha value is -1.64. The van der Waals surface area contributed by atoms with Gasteiger partial charge in [-0.3, -0.25) is 9.59 Å². The lowest BCUT2D eigenvalue weighted by Gasteiger charge is -2.13. The van der Waals surface area contributed by atoms with E-state index in [4.69, 9.17) is 0 Å². The molecule has 0 atom stereocenters. The number of amides is 1. The zero-order chi connectivity index (χ0) is 13.7. The van der Waals surface area contributed by atoms with Crippen LogP contribution in [0.1, 0.15) is 62.4 Å². The number of anilines is 1. The minimum atomic E-state index is -0.00991. The first-order valence-electron chi connectivity index (χ1n) is 6.40. The number of hydrogen-bond acceptors (Lipinski definition) is 2. The SMILES string of the molecule is CCCC(=O)Nc1ccc(C(C)C)c(C(C)=O)c1. The molecule has 0 spiro atoms. The number of carbonyl (C=O) groups excluding carboxylic acids is 2. The predicted molar refractivity (Wildman–Crippen MR) is 74.1 cm³/mol. The van der Waals surface area contributed by atoms with Gasteiger partial charge >= 0.3 is 0 Å². The van der Waals surface area contributed by atoms with Crippen LogP contribution in [0.25, 0.3) is 0 Å². The number of benzene rings is 1. The highest BCUT2D eigenvalue weighted by atomic mass is 16.1. The van der Waals surface area contributed by atoms with Gasteiger partial charge in [0, 0.05) is 17.7 Å². The van der Waals surface area contributed by atoms with Crippen molar-refractivity contribution < 1.29 is 9.59 Å². The molecule has 98 valence electrons. The van der Waals surface area contributed by atoms with Crippen molar-refractivity contribution in [2.45, 2.75) is 46.5 Å². The van der Waals surface area contributed by atoms with Crippen LogP contribution in [0.4, 0.5) is 5.69 Å². The predicted octanol–water partition coefficient (Wildman–Crippen LogP) is 3.75. The van der Waals surface area contributed by atoms with Crippen molar-refractivity contribution in [1.29, 1.82) is 0 Å². The summed E-state index contributed by atoms with van der Waals surface area (Å²) in [4.78, 5) is 23.1. The molecule has 1 N–H and O–H groups in total. The first-order chi connectivity index (χ1) is 8.45. The summed E-state index contributed by atoms with van der Waals surface area (Å²) in [6.45, 7) is 7.62. The van der Waals surface area contributed by atoms with Crippen LogP contribution in [0.5, 0.6) is 0 Å². The van der Waals surface area contributed by atoms with Gasteiger partial charge in [-0.1, -0.05) is 26.8 Å². The van der Waals surface area contributed by atoms with Crippen LogP contribution in [0.2, 0.25) is 0 Å². The number of Topliss-reactive ketones (excluding diaryl/α,β-unsaturated/α-hetero) is 1. The molecular weight excluding hydrogens is 226 g/mol. The van der Waals surface area contributed by atoms with Crippen LogP contribution in [-0.2, 0) is 4.79 Å². The van der Waals surface area contributed by atoms with Gasteiger partial charge < -0.3 is 5.32 Å². The molecule has 0 fully saturated rings. The molecule has 3 nitrogen and oxygen atoms in total. The average Bonchev–Trinajstić information content (AvgIpc) is 2.28. The van der Waals surface area contributed by atoms with Crippen LogP contribution in [0.3, 0.4) is 0 Å². The molecule has 0 saturated carbocycles. The summed E-state index contributed by atoms with van der Waals surface area (Å²) in [7, 11) is 0. The number of carbonyl (C=O) groups is 2. The van der Waals surface area contributed by atoms with Crippen molar-refractivity contribution in [3.63, 3.8) is 0 Å². The van der Waals surface area contributed by atoms with Crippen molar-refractivity contribution in [3.05, 3.63) is 29.3 Å². The van der Waals surface area contributed by atoms with Crippen LogP contribution in [-0.4, -0.2) is 11.7 Å². The molecule has 0 bridgehead atoms. The van der Waals surface area contributed by atoms with Crippen LogP contribution >= 0.6 is 0 Å². The Morgan fingerprint density at radius 2 is 1.94 bits per heavy atom. The van der Waals surface area contributed by atoms with Crippen molar-refractivity contribution >= 4 is 17.4 Å². The van der Waals surface area contributed by atoms with Crippen LogP contribution in [0.15, 0.2) is 18.2 Å². The van der Waals surface area contributed by atoms with E-state index in [0.717, 1.165) is 12.0 Å². The number of rotatable bonds is 5. The molecule has 0 unspecified atom stereocenters. The molecule has 1 aromatic carbocycles. The molecule has 18 heavy (non-hydrogen) atoms. The molecule has 0 heterocycles. The Kier molecular flexibility index (Phi) is 5.08. The van der Waals surface area contributed by atoms with E-state index in [1.54, 1.807) is 13.0 Å². The number of hydrogen-bond donors (Lipinski definition) is 1. The van der Waals surface area contributed by atoms with E-state index in [0.29, 0.717) is 23.6 Å². The van der Waals surface area contributed by atoms with Crippen LogP contribution < -0.4 is 5.32 Å². The highest BCUT2D eigenvalue weighted by Crippen LogP contribution is 2.23. The van der Waals surface area contributed by atoms with Crippen LogP contribution in [0, 0.1) is 0 Å². The third kappa shape index (κ3) is 3.69. The van der Waals surface area contributed by atoms with E-state index < -0.39 is 0 Å². The molecule has 0 aromatic heterocycles. The Morgan fingerprint density at radius 1 is 1.28 bits per heavy atom. The second kappa shape index (κ2) is 6.34. The Labute approximate surface area is 109 Å². The first-order valence-corrected chi connectivity index (χ1v) is 6.40. The average molecular weight is 247 g/mol. The quantitative estimate of drug-likeness (QED) is 0.805. The van der Waals surface area contributed by atoms with Gasteiger partial charge in [0.05, 0.1) is 0 Å². The van der Waals surface area contributed by atoms with Gasteiger partial charge in [0.1, 0.15) is 0 Å². The normalized spacial score (nSPS) is 10.5. The smallest absolute Gasteiger partial charge is 0.224 e. The van der Waals surface area contributed by atoms with Gasteiger partial charge in [0.15, 0.2) is 5.78 Å². The summed E-state index contributed by atoms with van der Waals surface area (Å²) < 4.78 is 0. The maximum Gasteiger partial charge on any atom is 0.224 e. The molecule has 0 saturated heterocycles. The summed E-state index contributed by atoms with van der Waals surface area (Å²) in [6.07, 6.45) is 1.32. The molecule has 0 radical (unpaired) electrons. The van der Waals surface area contributed by atoms with E-state index in [1.165, 1.54) is 0 Å². The number of ketones is 1. The van der Waals surface area contributed by atoms with E-state index >= 15 is 0 Å². The van der Waals surface area contributed by atoms with Gasteiger partial charge in [-0.15, -0.1) is 0 Å². The largest absolute Gasteiger partial charge is 0.326 e. The molecule has 3 heteroatoms. The minimum absolute atomic E-state index is 0.00991. The Balaban J connectivity index is 3.00. The lowest BCUT2D eigenvalue weighted by atomic mass is 9.94. The fraction of sp³-hybridized carbons (Fsp3) is 0.467. The van der Waals surface area contributed by atoms with Crippen molar-refractivity contribution in [2.75, 3.05) is 5.32 Å². The fourth-order valence-electron chi connectivity index (χ4n) is 1.89. The molecule has 1 amide bonds. The second-order valence-electron chi connectivity index (χ2n) is 4.81. The summed E-state index contributed by atoms with van der Waals surface area (Å²) in [5.74, 6) is 0.318. The van der Waals surface area contributed by atoms with E-state index in [-0.39, 0.29) is 11.7 Å². The summed E-state index contributed by atoms with van der Waals surface area (Å²) >= 11 is 0. The minimum Gasteiger partial charge on any atom is -0.326 e. The summed E-state index contributed by atoms with van der Waals surface area (Å²) in [5, 5.41) is 2.81. The molecule has 0 aliphatic rings. The highest BCUT2D eigenvalue weighted by molar-refractivity contribution is 5.98. The first kappa shape index (κ1) is 14.4. The standard InChI is InChI=1S/C15H21NO2/c1-5-6-15(18)16-12-7-8-13(10(2)3)14(9-12)11(4)17/h7-10H,5-6H2,1-4H3,(H,16,18). The molecular formula is C15H21NO2. The van der Waals surface area contributed by atoms with Gasteiger partial charge in [0.2, 0.25) is 5.91 Å². The summed E-state index contributed by atoms with van der Waals surface area (Å²) in [6, 6.07) is 5.55. The third-order valence-corrected chi connectivity index (χ3v) is 2.82. The summed E-state index contributed by atoms with van der Waals surface area (Å²) in [5.41, 5.74) is 2.42. The van der Waals surface area contributed by atoms with Crippen molar-refractivity contribution in [2.24, 2.45) is 0 Å². The van der Waals surface area contributed by atoms with Gasteiger partial charge in [-0.25, -0.2) is 0 Å². The topological polar surface area (TPSA) is 46.2 Å². The van der Waals surface area contributed by atoms with E-state index in [1.807, 2.05) is 19.1 Å². The molecule has 0 aliphatic heterocycles. The second-order valence-corrected chi connectivity index (χ2v) is 4.81. The lowest BCUT2D eigenvalue weighted by Crippen LogP contribution is -2.12. The zero-order valence-electron chi connectivity index (χ0n) is 11.5. The number of nitrogens with one attached hydrogen (secondary N) is 1. The van der Waals surface area contributed by atoms with Crippen molar-refractivity contribution in [3.8, 4) is 0 Å². The lowest BCUT2D eigenvalue weighted by molar-refractivity contribution is -0.116. The van der Waals surface area contributed by atoms with Crippen molar-refractivity contribution in [1.82, 2.24) is 0 Å². The fourth-order valence-corrected chi connectivity index (χ4v) is 1.89. The Morgan fingerprint density at radius 3 is 2.44 bits per heavy atom. The van der Waals surface area contributed by atoms with Gasteiger partial charge in [-0.2, -0.15) is 0 Å². The maximum atomic E-state index is 11.6.